The predicted octanol–water partition coefficient (Wildman–Crippen LogP) is 3.20. The molecule has 26 heavy (non-hydrogen) atoms. The number of carboxylic acids is 1. The van der Waals surface area contributed by atoms with Crippen molar-refractivity contribution >= 4 is 11.9 Å². The van der Waals surface area contributed by atoms with Crippen LogP contribution in [0.5, 0.6) is 0 Å². The second-order valence-corrected chi connectivity index (χ2v) is 7.84. The molecule has 0 bridgehead atoms. The van der Waals surface area contributed by atoms with E-state index < -0.39 is 5.97 Å². The van der Waals surface area contributed by atoms with Gasteiger partial charge in [-0.1, -0.05) is 19.1 Å². The predicted molar refractivity (Wildman–Crippen MR) is 99.6 cm³/mol. The molecule has 2 aromatic rings. The average molecular weight is 349 g/mol. The summed E-state index contributed by atoms with van der Waals surface area (Å²) in [5, 5.41) is 9.47. The Kier molecular flexibility index (Phi) is 3.52. The first-order valence-electron chi connectivity index (χ1n) is 9.62. The van der Waals surface area contributed by atoms with E-state index >= 15 is 0 Å². The maximum absolute atomic E-state index is 11.5. The van der Waals surface area contributed by atoms with Crippen LogP contribution in [0.4, 0.5) is 5.95 Å². The van der Waals surface area contributed by atoms with Crippen molar-refractivity contribution in [3.8, 4) is 11.3 Å². The minimum atomic E-state index is -0.696. The van der Waals surface area contributed by atoms with Gasteiger partial charge in [0.15, 0.2) is 0 Å². The lowest BCUT2D eigenvalue weighted by molar-refractivity contribution is -0.142. The molecular formula is C21H23N3O2. The van der Waals surface area contributed by atoms with Crippen LogP contribution in [0.25, 0.3) is 11.3 Å². The highest BCUT2D eigenvalue weighted by Gasteiger charge is 2.34. The monoisotopic (exact) mass is 349 g/mol. The number of anilines is 1. The molecule has 5 rings (SSSR count). The van der Waals surface area contributed by atoms with Crippen molar-refractivity contribution in [2.45, 2.75) is 44.9 Å². The summed E-state index contributed by atoms with van der Waals surface area (Å²) < 4.78 is 0. The van der Waals surface area contributed by atoms with Gasteiger partial charge in [0.2, 0.25) is 5.95 Å². The first-order chi connectivity index (χ1) is 12.6. The summed E-state index contributed by atoms with van der Waals surface area (Å²) in [7, 11) is 0. The van der Waals surface area contributed by atoms with E-state index in [0.29, 0.717) is 6.42 Å². The largest absolute Gasteiger partial charge is 0.481 e. The van der Waals surface area contributed by atoms with Crippen LogP contribution >= 0.6 is 0 Å². The van der Waals surface area contributed by atoms with Crippen LogP contribution in [0, 0.1) is 5.92 Å². The van der Waals surface area contributed by atoms with Gasteiger partial charge < -0.3 is 10.0 Å². The first-order valence-corrected chi connectivity index (χ1v) is 9.62. The Morgan fingerprint density at radius 2 is 2.04 bits per heavy atom. The van der Waals surface area contributed by atoms with E-state index in [1.807, 2.05) is 6.92 Å². The highest BCUT2D eigenvalue weighted by Crippen LogP contribution is 2.41. The van der Waals surface area contributed by atoms with Crippen molar-refractivity contribution in [3.63, 3.8) is 0 Å². The van der Waals surface area contributed by atoms with Gasteiger partial charge in [-0.25, -0.2) is 9.97 Å². The van der Waals surface area contributed by atoms with Crippen molar-refractivity contribution in [3.05, 3.63) is 40.6 Å². The molecule has 2 aliphatic carbocycles. The van der Waals surface area contributed by atoms with Gasteiger partial charge in [0, 0.05) is 29.9 Å². The van der Waals surface area contributed by atoms with Crippen LogP contribution in [-0.4, -0.2) is 34.1 Å². The molecule has 0 amide bonds. The summed E-state index contributed by atoms with van der Waals surface area (Å²) in [6.45, 7) is 4.11. The number of carbonyl (C=O) groups is 1. The third-order valence-electron chi connectivity index (χ3n) is 6.33. The third kappa shape index (κ3) is 2.33. The third-order valence-corrected chi connectivity index (χ3v) is 6.33. The molecule has 2 atom stereocenters. The van der Waals surface area contributed by atoms with Gasteiger partial charge in [0.1, 0.15) is 0 Å². The van der Waals surface area contributed by atoms with E-state index in [1.165, 1.54) is 28.8 Å². The van der Waals surface area contributed by atoms with Gasteiger partial charge in [-0.15, -0.1) is 0 Å². The quantitative estimate of drug-likeness (QED) is 0.922. The zero-order valence-electron chi connectivity index (χ0n) is 15.0. The summed E-state index contributed by atoms with van der Waals surface area (Å²) in [4.78, 5) is 23.5. The molecule has 1 N–H and O–H groups in total. The van der Waals surface area contributed by atoms with Gasteiger partial charge in [0.05, 0.1) is 11.6 Å². The average Bonchev–Trinajstić information content (AvgIpc) is 3.17. The van der Waals surface area contributed by atoms with Crippen LogP contribution in [0.2, 0.25) is 0 Å². The number of hydrogen-bond acceptors (Lipinski definition) is 4. The molecule has 1 aromatic heterocycles. The maximum Gasteiger partial charge on any atom is 0.307 e. The van der Waals surface area contributed by atoms with E-state index in [1.54, 1.807) is 0 Å². The minimum Gasteiger partial charge on any atom is -0.481 e. The Labute approximate surface area is 153 Å². The number of carboxylic acid groups (broad SMARTS) is 1. The fraction of sp³-hybridized carbons (Fsp3) is 0.476. The minimum absolute atomic E-state index is 0.0483. The van der Waals surface area contributed by atoms with Crippen molar-refractivity contribution in [2.75, 3.05) is 18.0 Å². The number of benzene rings is 1. The molecule has 0 saturated carbocycles. The second-order valence-electron chi connectivity index (χ2n) is 7.84. The number of aliphatic carboxylic acids is 1. The zero-order valence-corrected chi connectivity index (χ0v) is 15.0. The van der Waals surface area contributed by atoms with Crippen LogP contribution < -0.4 is 4.90 Å². The molecule has 5 nitrogen and oxygen atoms in total. The lowest BCUT2D eigenvalue weighted by Gasteiger charge is -2.31. The van der Waals surface area contributed by atoms with Crippen LogP contribution in [0.15, 0.2) is 18.2 Å². The standard InChI is InChI=1S/C21H23N3O2/c1-12-16-11-14(7-6-13(16)10-17(12)20(25)26)19-15-4-2-5-18(15)22-21(23-19)24-8-3-9-24/h6-7,11-12,17H,2-5,8-10H2,1H3,(H,25,26). The van der Waals surface area contributed by atoms with E-state index in [9.17, 15) is 9.90 Å². The number of aryl methyl sites for hydroxylation is 1. The fourth-order valence-electron chi connectivity index (χ4n) is 4.60. The number of hydrogen-bond donors (Lipinski definition) is 1. The summed E-state index contributed by atoms with van der Waals surface area (Å²) in [6, 6.07) is 6.41. The Hall–Kier alpha value is -2.43. The molecule has 0 spiro atoms. The lowest BCUT2D eigenvalue weighted by atomic mass is 9.93. The summed E-state index contributed by atoms with van der Waals surface area (Å²) >= 11 is 0. The molecule has 1 aromatic carbocycles. The number of nitrogens with zero attached hydrogens (tertiary/aromatic N) is 3. The molecule has 1 fully saturated rings. The fourth-order valence-corrected chi connectivity index (χ4v) is 4.60. The second kappa shape index (κ2) is 5.79. The maximum atomic E-state index is 11.5. The lowest BCUT2D eigenvalue weighted by Crippen LogP contribution is -2.38. The molecular weight excluding hydrogens is 326 g/mol. The summed E-state index contributed by atoms with van der Waals surface area (Å²) in [6.07, 6.45) is 5.06. The van der Waals surface area contributed by atoms with Crippen molar-refractivity contribution in [2.24, 2.45) is 5.92 Å². The Bertz CT molecular complexity index is 904. The SMILES string of the molecule is CC1c2cc(-c3nc(N4CCC4)nc4c3CCC4)ccc2CC1C(=O)O. The van der Waals surface area contributed by atoms with Gasteiger partial charge in [0.25, 0.3) is 0 Å². The van der Waals surface area contributed by atoms with E-state index in [2.05, 4.69) is 23.1 Å². The van der Waals surface area contributed by atoms with Crippen LogP contribution in [-0.2, 0) is 24.1 Å². The molecule has 2 unspecified atom stereocenters. The topological polar surface area (TPSA) is 66.3 Å². The van der Waals surface area contributed by atoms with Gasteiger partial charge >= 0.3 is 5.97 Å². The number of rotatable bonds is 3. The highest BCUT2D eigenvalue weighted by molar-refractivity contribution is 5.75. The Morgan fingerprint density at radius 3 is 2.77 bits per heavy atom. The molecule has 0 radical (unpaired) electrons. The van der Waals surface area contributed by atoms with Crippen molar-refractivity contribution in [1.82, 2.24) is 9.97 Å². The Balaban J connectivity index is 1.59. The molecule has 134 valence electrons. The highest BCUT2D eigenvalue weighted by atomic mass is 16.4. The summed E-state index contributed by atoms with van der Waals surface area (Å²) in [5.41, 5.74) is 7.00. The Morgan fingerprint density at radius 1 is 1.19 bits per heavy atom. The number of aromatic nitrogens is 2. The molecule has 3 aliphatic rings. The normalized spacial score (nSPS) is 23.5. The molecule has 2 heterocycles. The summed E-state index contributed by atoms with van der Waals surface area (Å²) in [5.74, 6) is -0.0951. The van der Waals surface area contributed by atoms with E-state index in [-0.39, 0.29) is 11.8 Å². The first kappa shape index (κ1) is 15.8. The molecule has 1 aliphatic heterocycles. The van der Waals surface area contributed by atoms with Gasteiger partial charge in [-0.05, 0) is 55.2 Å². The van der Waals surface area contributed by atoms with E-state index in [0.717, 1.165) is 49.6 Å². The van der Waals surface area contributed by atoms with Crippen molar-refractivity contribution in [1.29, 1.82) is 0 Å². The van der Waals surface area contributed by atoms with Gasteiger partial charge in [-0.3, -0.25) is 4.79 Å². The van der Waals surface area contributed by atoms with Crippen LogP contribution in [0.1, 0.15) is 48.1 Å². The zero-order chi connectivity index (χ0) is 17.8. The smallest absolute Gasteiger partial charge is 0.307 e. The molecule has 5 heteroatoms. The van der Waals surface area contributed by atoms with Crippen LogP contribution in [0.3, 0.4) is 0 Å². The number of fused-ring (bicyclic) bond motifs is 2. The van der Waals surface area contributed by atoms with Crippen molar-refractivity contribution < 1.29 is 9.90 Å². The molecule has 1 saturated heterocycles. The van der Waals surface area contributed by atoms with Gasteiger partial charge in [-0.2, -0.15) is 0 Å². The van der Waals surface area contributed by atoms with E-state index in [4.69, 9.17) is 9.97 Å².